The molecule has 3 aromatic carbocycles. The minimum absolute atomic E-state index is 0.0246. The molecule has 0 N–H and O–H groups in total. The Morgan fingerprint density at radius 3 is 2.51 bits per heavy atom. The van der Waals surface area contributed by atoms with Crippen LogP contribution in [-0.2, 0) is 11.2 Å². The highest BCUT2D eigenvalue weighted by Crippen LogP contribution is 2.30. The summed E-state index contributed by atoms with van der Waals surface area (Å²) in [5.41, 5.74) is 4.55. The van der Waals surface area contributed by atoms with Crippen LogP contribution in [-0.4, -0.2) is 56.1 Å². The maximum atomic E-state index is 13.3. The second-order valence-electron chi connectivity index (χ2n) is 9.61. The summed E-state index contributed by atoms with van der Waals surface area (Å²) in [4.78, 5) is 22.3. The van der Waals surface area contributed by atoms with E-state index in [0.29, 0.717) is 19.6 Å². The van der Waals surface area contributed by atoms with Crippen molar-refractivity contribution < 1.29 is 9.18 Å². The Labute approximate surface area is 214 Å². The Hall–Kier alpha value is -4.33. The number of hydrogen-bond donors (Lipinski definition) is 0. The van der Waals surface area contributed by atoms with Crippen LogP contribution in [0.2, 0.25) is 0 Å². The number of para-hydroxylation sites is 1. The van der Waals surface area contributed by atoms with E-state index in [1.807, 2.05) is 45.7 Å². The van der Waals surface area contributed by atoms with Gasteiger partial charge in [0, 0.05) is 36.6 Å². The highest BCUT2D eigenvalue weighted by atomic mass is 19.1. The number of aromatic nitrogens is 4. The molecule has 1 fully saturated rings. The van der Waals surface area contributed by atoms with E-state index >= 15 is 0 Å². The first kappa shape index (κ1) is 23.1. The van der Waals surface area contributed by atoms with Gasteiger partial charge in [-0.1, -0.05) is 48.5 Å². The third-order valence-electron chi connectivity index (χ3n) is 7.11. The van der Waals surface area contributed by atoms with Crippen molar-refractivity contribution in [1.29, 1.82) is 0 Å². The van der Waals surface area contributed by atoms with Crippen molar-refractivity contribution in [3.63, 3.8) is 0 Å². The minimum Gasteiger partial charge on any atom is -0.338 e. The molecule has 6 rings (SSSR count). The molecule has 0 aliphatic carbocycles. The zero-order chi connectivity index (χ0) is 25.5. The Morgan fingerprint density at radius 1 is 0.973 bits per heavy atom. The second kappa shape index (κ2) is 9.28. The summed E-state index contributed by atoms with van der Waals surface area (Å²) in [6.45, 7) is 5.95. The van der Waals surface area contributed by atoms with E-state index in [9.17, 15) is 9.18 Å². The van der Waals surface area contributed by atoms with Gasteiger partial charge in [0.2, 0.25) is 11.9 Å². The molecule has 5 aromatic rings. The quantitative estimate of drug-likeness (QED) is 0.363. The number of nitrogens with zero attached hydrogens (tertiary/aromatic N) is 6. The summed E-state index contributed by atoms with van der Waals surface area (Å²) in [5, 5.41) is 10.1. The van der Waals surface area contributed by atoms with E-state index in [0.717, 1.165) is 45.0 Å². The summed E-state index contributed by atoms with van der Waals surface area (Å²) in [7, 11) is 0. The topological polar surface area (TPSA) is 66.6 Å². The molecule has 186 valence electrons. The Kier molecular flexibility index (Phi) is 5.79. The van der Waals surface area contributed by atoms with Gasteiger partial charge in [-0.05, 0) is 49.2 Å². The van der Waals surface area contributed by atoms with Crippen LogP contribution >= 0.6 is 0 Å². The van der Waals surface area contributed by atoms with Gasteiger partial charge in [-0.25, -0.2) is 13.8 Å². The van der Waals surface area contributed by atoms with Gasteiger partial charge < -0.3 is 9.80 Å². The van der Waals surface area contributed by atoms with Crippen molar-refractivity contribution in [2.75, 3.05) is 24.5 Å². The molecule has 1 saturated heterocycles. The average Bonchev–Trinajstić information content (AvgIpc) is 3.35. The number of benzene rings is 3. The lowest BCUT2D eigenvalue weighted by Gasteiger charge is -2.40. The van der Waals surface area contributed by atoms with Gasteiger partial charge in [-0.3, -0.25) is 4.79 Å². The summed E-state index contributed by atoms with van der Waals surface area (Å²) < 4.78 is 15.3. The zero-order valence-corrected chi connectivity index (χ0v) is 20.8. The first-order valence-corrected chi connectivity index (χ1v) is 12.5. The number of anilines is 1. The molecule has 0 saturated carbocycles. The molecule has 37 heavy (non-hydrogen) atoms. The number of fused-ring (bicyclic) bond motifs is 3. The fourth-order valence-electron chi connectivity index (χ4n) is 5.16. The van der Waals surface area contributed by atoms with Crippen molar-refractivity contribution in [3.8, 4) is 11.4 Å². The molecule has 7 nitrogen and oxygen atoms in total. The van der Waals surface area contributed by atoms with Gasteiger partial charge >= 0.3 is 0 Å². The number of rotatable bonds is 4. The van der Waals surface area contributed by atoms with Crippen LogP contribution in [0, 0.1) is 12.7 Å². The Bertz CT molecular complexity index is 1610. The summed E-state index contributed by atoms with van der Waals surface area (Å²) >= 11 is 0. The molecule has 0 radical (unpaired) electrons. The van der Waals surface area contributed by atoms with E-state index in [-0.39, 0.29) is 24.2 Å². The predicted molar refractivity (Wildman–Crippen MR) is 142 cm³/mol. The normalized spacial score (nSPS) is 16.0. The van der Waals surface area contributed by atoms with E-state index in [2.05, 4.69) is 41.1 Å². The fraction of sp³-hybridized carbons (Fsp3) is 0.241. The highest BCUT2D eigenvalue weighted by molar-refractivity contribution is 5.93. The van der Waals surface area contributed by atoms with Gasteiger partial charge in [0.25, 0.3) is 0 Å². The van der Waals surface area contributed by atoms with Gasteiger partial charge in [0.15, 0.2) is 11.5 Å². The molecule has 1 aliphatic heterocycles. The third kappa shape index (κ3) is 4.18. The lowest BCUT2D eigenvalue weighted by atomic mass is 10.1. The molecule has 1 aliphatic rings. The molecule has 3 heterocycles. The standard InChI is InChI=1S/C29H27FN6O/c1-19-7-3-4-8-23(19)27-32-33-28-24-9-5-6-10-25(24)31-29(36(27)28)34-15-16-35(20(2)18-34)26(37)17-21-11-13-22(30)14-12-21/h3-14,20H,15-18H2,1-2H3. The van der Waals surface area contributed by atoms with Crippen LogP contribution in [0.25, 0.3) is 27.9 Å². The van der Waals surface area contributed by atoms with Gasteiger partial charge in [-0.15, -0.1) is 10.2 Å². The summed E-state index contributed by atoms with van der Waals surface area (Å²) in [6.07, 6.45) is 0.256. The SMILES string of the molecule is Cc1ccccc1-c1nnc2c3ccccc3nc(N3CCN(C(=O)Cc4ccc(F)cc4)C(C)C3)n12. The van der Waals surface area contributed by atoms with Gasteiger partial charge in [0.1, 0.15) is 5.82 Å². The van der Waals surface area contributed by atoms with E-state index < -0.39 is 0 Å². The van der Waals surface area contributed by atoms with Gasteiger partial charge in [-0.2, -0.15) is 0 Å². The number of carbonyl (C=O) groups excluding carboxylic acids is 1. The smallest absolute Gasteiger partial charge is 0.227 e. The number of carbonyl (C=O) groups is 1. The minimum atomic E-state index is -0.300. The van der Waals surface area contributed by atoms with Gasteiger partial charge in [0.05, 0.1) is 11.9 Å². The third-order valence-corrected chi connectivity index (χ3v) is 7.11. The first-order valence-electron chi connectivity index (χ1n) is 12.5. The molecule has 1 atom stereocenters. The molecular formula is C29H27FN6O. The Balaban J connectivity index is 1.36. The van der Waals surface area contributed by atoms with Crippen LogP contribution in [0.4, 0.5) is 10.3 Å². The van der Waals surface area contributed by atoms with Crippen LogP contribution in [0.15, 0.2) is 72.8 Å². The second-order valence-corrected chi connectivity index (χ2v) is 9.61. The van der Waals surface area contributed by atoms with Crippen molar-refractivity contribution >= 4 is 28.4 Å². The summed E-state index contributed by atoms with van der Waals surface area (Å²) in [6, 6.07) is 22.2. The molecule has 1 unspecified atom stereocenters. The average molecular weight is 495 g/mol. The van der Waals surface area contributed by atoms with Crippen molar-refractivity contribution in [3.05, 3.63) is 89.7 Å². The van der Waals surface area contributed by atoms with Crippen LogP contribution in [0.5, 0.6) is 0 Å². The highest BCUT2D eigenvalue weighted by Gasteiger charge is 2.30. The van der Waals surface area contributed by atoms with Crippen LogP contribution < -0.4 is 4.90 Å². The lowest BCUT2D eigenvalue weighted by Crippen LogP contribution is -2.55. The van der Waals surface area contributed by atoms with E-state index in [1.54, 1.807) is 12.1 Å². The molecular weight excluding hydrogens is 467 g/mol. The zero-order valence-electron chi connectivity index (χ0n) is 20.8. The predicted octanol–water partition coefficient (Wildman–Crippen LogP) is 4.67. The first-order chi connectivity index (χ1) is 18.0. The van der Waals surface area contributed by atoms with E-state index in [1.165, 1.54) is 12.1 Å². The molecule has 1 amide bonds. The van der Waals surface area contributed by atoms with Crippen molar-refractivity contribution in [2.24, 2.45) is 0 Å². The molecule has 8 heteroatoms. The molecule has 0 spiro atoms. The largest absolute Gasteiger partial charge is 0.338 e. The number of amides is 1. The molecule has 0 bridgehead atoms. The Morgan fingerprint density at radius 2 is 1.73 bits per heavy atom. The maximum absolute atomic E-state index is 13.3. The number of piperazine rings is 1. The number of halogens is 1. The fourth-order valence-corrected chi connectivity index (χ4v) is 5.16. The van der Waals surface area contributed by atoms with Crippen LogP contribution in [0.3, 0.4) is 0 Å². The molecule has 2 aromatic heterocycles. The van der Waals surface area contributed by atoms with Crippen LogP contribution in [0.1, 0.15) is 18.1 Å². The number of hydrogen-bond acceptors (Lipinski definition) is 5. The monoisotopic (exact) mass is 494 g/mol. The maximum Gasteiger partial charge on any atom is 0.227 e. The van der Waals surface area contributed by atoms with Crippen molar-refractivity contribution in [1.82, 2.24) is 24.5 Å². The van der Waals surface area contributed by atoms with Crippen molar-refractivity contribution in [2.45, 2.75) is 26.3 Å². The number of aryl methyl sites for hydroxylation is 1. The lowest BCUT2D eigenvalue weighted by molar-refractivity contribution is -0.132. The summed E-state index contributed by atoms with van der Waals surface area (Å²) in [5.74, 6) is 1.27. The van der Waals surface area contributed by atoms with E-state index in [4.69, 9.17) is 4.98 Å².